The van der Waals surface area contributed by atoms with Gasteiger partial charge in [-0.1, -0.05) is 19.1 Å². The number of aliphatic hydroxyl groups excluding tert-OH is 1. The number of hydrogen-bond donors (Lipinski definition) is 1. The Hall–Kier alpha value is -1.66. The van der Waals surface area contributed by atoms with Crippen molar-refractivity contribution in [3.05, 3.63) is 35.7 Å². The average molecular weight is 202 g/mol. The summed E-state index contributed by atoms with van der Waals surface area (Å²) in [6.07, 6.45) is 4.87. The van der Waals surface area contributed by atoms with Gasteiger partial charge >= 0.3 is 0 Å². The molecule has 3 heteroatoms. The van der Waals surface area contributed by atoms with Gasteiger partial charge in [-0.15, -0.1) is 0 Å². The van der Waals surface area contributed by atoms with Gasteiger partial charge in [0.25, 0.3) is 0 Å². The van der Waals surface area contributed by atoms with Gasteiger partial charge in [-0.05, 0) is 18.1 Å². The van der Waals surface area contributed by atoms with Crippen molar-refractivity contribution < 1.29 is 5.11 Å². The second-order valence-electron chi connectivity index (χ2n) is 3.13. The molecule has 78 valence electrons. The van der Waals surface area contributed by atoms with Gasteiger partial charge in [-0.3, -0.25) is 4.98 Å². The number of nitriles is 1. The fourth-order valence-electron chi connectivity index (χ4n) is 1.47. The molecule has 0 atom stereocenters. The fraction of sp³-hybridized carbons (Fsp3) is 0.333. The van der Waals surface area contributed by atoms with Crippen LogP contribution in [0.3, 0.4) is 0 Å². The van der Waals surface area contributed by atoms with Gasteiger partial charge in [0.15, 0.2) is 0 Å². The van der Waals surface area contributed by atoms with Gasteiger partial charge in [0.05, 0.1) is 24.8 Å². The summed E-state index contributed by atoms with van der Waals surface area (Å²) in [6.45, 7) is 1.93. The van der Waals surface area contributed by atoms with Gasteiger partial charge in [0.2, 0.25) is 0 Å². The lowest BCUT2D eigenvalue weighted by atomic mass is 10.0. The van der Waals surface area contributed by atoms with E-state index in [1.165, 1.54) is 0 Å². The van der Waals surface area contributed by atoms with Crippen LogP contribution in [0.1, 0.15) is 31.0 Å². The third-order valence-corrected chi connectivity index (χ3v) is 2.11. The third kappa shape index (κ3) is 2.90. The van der Waals surface area contributed by atoms with E-state index < -0.39 is 0 Å². The van der Waals surface area contributed by atoms with Gasteiger partial charge < -0.3 is 5.11 Å². The number of hydrogen-bond acceptors (Lipinski definition) is 3. The number of nitrogens with zero attached hydrogens (tertiary/aromatic N) is 2. The van der Waals surface area contributed by atoms with Crippen LogP contribution in [0, 0.1) is 11.3 Å². The van der Waals surface area contributed by atoms with E-state index in [1.54, 1.807) is 6.20 Å². The fourth-order valence-corrected chi connectivity index (χ4v) is 1.47. The molecule has 0 aliphatic rings. The minimum atomic E-state index is -0.0946. The Morgan fingerprint density at radius 1 is 1.67 bits per heavy atom. The average Bonchev–Trinajstić information content (AvgIpc) is 2.29. The molecular weight excluding hydrogens is 188 g/mol. The molecule has 1 aromatic heterocycles. The van der Waals surface area contributed by atoms with Crippen molar-refractivity contribution in [2.75, 3.05) is 0 Å². The van der Waals surface area contributed by atoms with E-state index in [4.69, 9.17) is 10.4 Å². The van der Waals surface area contributed by atoms with Crippen LogP contribution in [0.5, 0.6) is 0 Å². The van der Waals surface area contributed by atoms with E-state index in [0.29, 0.717) is 12.1 Å². The maximum absolute atomic E-state index is 9.13. The Bertz CT molecular complexity index is 391. The van der Waals surface area contributed by atoms with Crippen LogP contribution in [0.2, 0.25) is 0 Å². The van der Waals surface area contributed by atoms with Crippen LogP contribution in [0.15, 0.2) is 24.4 Å². The Balaban J connectivity index is 3.11. The molecule has 15 heavy (non-hydrogen) atoms. The van der Waals surface area contributed by atoms with E-state index in [0.717, 1.165) is 17.6 Å². The smallest absolute Gasteiger partial charge is 0.0859 e. The first kappa shape index (κ1) is 11.4. The molecule has 0 amide bonds. The first-order valence-electron chi connectivity index (χ1n) is 4.94. The standard InChI is InChI=1S/C12H14N2O/c1-2-4-10(6-7-13)11-5-3-8-14-12(11)9-15/h3-5,8,15H,2,6,9H2,1H3/b10-4-. The van der Waals surface area contributed by atoms with Crippen LogP contribution in [0.4, 0.5) is 0 Å². The van der Waals surface area contributed by atoms with Gasteiger partial charge in [-0.25, -0.2) is 0 Å². The lowest BCUT2D eigenvalue weighted by molar-refractivity contribution is 0.276. The van der Waals surface area contributed by atoms with Crippen molar-refractivity contribution in [1.29, 1.82) is 5.26 Å². The van der Waals surface area contributed by atoms with Gasteiger partial charge in [0, 0.05) is 11.8 Å². The molecular formula is C12H14N2O. The van der Waals surface area contributed by atoms with Crippen LogP contribution in [0.25, 0.3) is 5.57 Å². The van der Waals surface area contributed by atoms with Crippen molar-refractivity contribution in [3.63, 3.8) is 0 Å². The first-order valence-corrected chi connectivity index (χ1v) is 4.94. The first-order chi connectivity index (χ1) is 7.33. The zero-order chi connectivity index (χ0) is 11.1. The summed E-state index contributed by atoms with van der Waals surface area (Å²) in [6, 6.07) is 5.83. The molecule has 0 saturated carbocycles. The number of allylic oxidation sites excluding steroid dienone is 2. The molecule has 0 saturated heterocycles. The Morgan fingerprint density at radius 3 is 3.07 bits per heavy atom. The van der Waals surface area contributed by atoms with Crippen LogP contribution < -0.4 is 0 Å². The van der Waals surface area contributed by atoms with Crippen molar-refractivity contribution in [1.82, 2.24) is 4.98 Å². The minimum absolute atomic E-state index is 0.0946. The molecule has 0 bridgehead atoms. The molecule has 3 nitrogen and oxygen atoms in total. The van der Waals surface area contributed by atoms with E-state index in [9.17, 15) is 0 Å². The summed E-state index contributed by atoms with van der Waals surface area (Å²) in [5.41, 5.74) is 2.45. The molecule has 0 spiro atoms. The number of aliphatic hydroxyl groups is 1. The summed E-state index contributed by atoms with van der Waals surface area (Å²) < 4.78 is 0. The second-order valence-corrected chi connectivity index (χ2v) is 3.13. The summed E-state index contributed by atoms with van der Waals surface area (Å²) >= 11 is 0. The number of aromatic nitrogens is 1. The van der Waals surface area contributed by atoms with E-state index >= 15 is 0 Å². The van der Waals surface area contributed by atoms with Crippen LogP contribution in [-0.4, -0.2) is 10.1 Å². The summed E-state index contributed by atoms with van der Waals surface area (Å²) in [4.78, 5) is 4.08. The molecule has 1 rings (SSSR count). The van der Waals surface area contributed by atoms with Crippen molar-refractivity contribution in [2.45, 2.75) is 26.4 Å². The predicted molar refractivity (Wildman–Crippen MR) is 58.7 cm³/mol. The normalized spacial score (nSPS) is 11.1. The highest BCUT2D eigenvalue weighted by atomic mass is 16.3. The highest BCUT2D eigenvalue weighted by Gasteiger charge is 2.06. The quantitative estimate of drug-likeness (QED) is 0.814. The number of pyridine rings is 1. The van der Waals surface area contributed by atoms with E-state index in [-0.39, 0.29) is 6.61 Å². The molecule has 1 heterocycles. The third-order valence-electron chi connectivity index (χ3n) is 2.11. The Labute approximate surface area is 89.7 Å². The molecule has 0 aliphatic carbocycles. The second kappa shape index (κ2) is 5.94. The van der Waals surface area contributed by atoms with Gasteiger partial charge in [0.1, 0.15) is 0 Å². The highest BCUT2D eigenvalue weighted by Crippen LogP contribution is 2.21. The molecule has 0 aromatic carbocycles. The lowest BCUT2D eigenvalue weighted by Crippen LogP contribution is -1.96. The van der Waals surface area contributed by atoms with Crippen LogP contribution in [-0.2, 0) is 6.61 Å². The molecule has 0 aliphatic heterocycles. The van der Waals surface area contributed by atoms with Crippen molar-refractivity contribution >= 4 is 5.57 Å². The maximum Gasteiger partial charge on any atom is 0.0859 e. The zero-order valence-corrected chi connectivity index (χ0v) is 8.77. The molecule has 0 unspecified atom stereocenters. The zero-order valence-electron chi connectivity index (χ0n) is 8.77. The summed E-state index contributed by atoms with van der Waals surface area (Å²) in [5, 5.41) is 17.8. The SMILES string of the molecule is CC/C=C(/CC#N)c1cccnc1CO. The summed E-state index contributed by atoms with van der Waals surface area (Å²) in [5.74, 6) is 0. The Morgan fingerprint density at radius 2 is 2.47 bits per heavy atom. The molecule has 1 aromatic rings. The highest BCUT2D eigenvalue weighted by molar-refractivity contribution is 5.68. The monoisotopic (exact) mass is 202 g/mol. The summed E-state index contributed by atoms with van der Waals surface area (Å²) in [7, 11) is 0. The van der Waals surface area contributed by atoms with Crippen molar-refractivity contribution in [3.8, 4) is 6.07 Å². The lowest BCUT2D eigenvalue weighted by Gasteiger charge is -2.07. The van der Waals surface area contributed by atoms with Crippen molar-refractivity contribution in [2.24, 2.45) is 0 Å². The topological polar surface area (TPSA) is 56.9 Å². The Kier molecular flexibility index (Phi) is 4.52. The maximum atomic E-state index is 9.13. The van der Waals surface area contributed by atoms with E-state index in [2.05, 4.69) is 11.1 Å². The van der Waals surface area contributed by atoms with Gasteiger partial charge in [-0.2, -0.15) is 5.26 Å². The van der Waals surface area contributed by atoms with Crippen LogP contribution >= 0.6 is 0 Å². The predicted octanol–water partition coefficient (Wildman–Crippen LogP) is 2.28. The molecule has 0 fully saturated rings. The molecule has 1 N–H and O–H groups in total. The molecule has 0 radical (unpaired) electrons. The van der Waals surface area contributed by atoms with E-state index in [1.807, 2.05) is 25.1 Å². The number of rotatable bonds is 4. The largest absolute Gasteiger partial charge is 0.390 e. The minimum Gasteiger partial charge on any atom is -0.390 e.